The van der Waals surface area contributed by atoms with Crippen molar-refractivity contribution in [3.8, 4) is 0 Å². The molecule has 5 heteroatoms. The van der Waals surface area contributed by atoms with Gasteiger partial charge in [-0.3, -0.25) is 0 Å². The predicted octanol–water partition coefficient (Wildman–Crippen LogP) is 0.701. The molecule has 7 rings (SSSR count). The van der Waals surface area contributed by atoms with Gasteiger partial charge in [0.2, 0.25) is 0 Å². The largest absolute Gasteiger partial charge is 1.00 e. The Bertz CT molecular complexity index is 1800. The van der Waals surface area contributed by atoms with Crippen LogP contribution in [0.1, 0.15) is 0 Å². The summed E-state index contributed by atoms with van der Waals surface area (Å²) >= 11 is 0. The van der Waals surface area contributed by atoms with Crippen molar-refractivity contribution >= 4 is 58.8 Å². The Morgan fingerprint density at radius 1 is 0.255 bits per heavy atom. The standard InChI is InChI=1S/C42H35OSi3.Na/c43-45(39-28-14-4-15-29-39,40-30-16-5-17-31-40)46(41-32-18-6-19-33-41,42-34-20-7-21-35-42)44(36-22-8-1-9-23-36,37-24-10-2-11-25-37)38-26-12-3-13-27-38;/h1-35H;/q-1;+1. The van der Waals surface area contributed by atoms with Gasteiger partial charge in [0.05, 0.1) is 0 Å². The third-order valence-electron chi connectivity index (χ3n) is 9.49. The molecule has 0 atom stereocenters. The summed E-state index contributed by atoms with van der Waals surface area (Å²) < 4.78 is 0. The van der Waals surface area contributed by atoms with Crippen LogP contribution in [-0.2, 0) is 0 Å². The summed E-state index contributed by atoms with van der Waals surface area (Å²) in [5.41, 5.74) is 0. The fourth-order valence-corrected chi connectivity index (χ4v) is 47.5. The Morgan fingerprint density at radius 2 is 0.447 bits per heavy atom. The van der Waals surface area contributed by atoms with E-state index in [0.717, 1.165) is 10.4 Å². The Morgan fingerprint density at radius 3 is 0.681 bits per heavy atom. The molecule has 0 amide bonds. The molecule has 47 heavy (non-hydrogen) atoms. The number of rotatable bonds is 9. The van der Waals surface area contributed by atoms with Crippen LogP contribution in [0.4, 0.5) is 0 Å². The summed E-state index contributed by atoms with van der Waals surface area (Å²) in [5.74, 6) is 0. The molecule has 222 valence electrons. The van der Waals surface area contributed by atoms with E-state index in [9.17, 15) is 0 Å². The van der Waals surface area contributed by atoms with Crippen molar-refractivity contribution in [3.05, 3.63) is 212 Å². The first-order valence-corrected chi connectivity index (χ1v) is 23.7. The molecule has 0 bridgehead atoms. The van der Waals surface area contributed by atoms with Crippen molar-refractivity contribution < 1.29 is 34.4 Å². The summed E-state index contributed by atoms with van der Waals surface area (Å²) in [5, 5.41) is 8.06. The molecule has 0 radical (unpaired) electrons. The number of hydrogen-bond donors (Lipinski definition) is 0. The summed E-state index contributed by atoms with van der Waals surface area (Å²) in [6, 6.07) is 75.8. The average Bonchev–Trinajstić information content (AvgIpc) is 3.16. The van der Waals surface area contributed by atoms with Crippen molar-refractivity contribution in [2.24, 2.45) is 0 Å². The first-order chi connectivity index (χ1) is 22.7. The fraction of sp³-hybridized carbons (Fsp3) is 0. The van der Waals surface area contributed by atoms with Crippen LogP contribution in [0.5, 0.6) is 0 Å². The minimum atomic E-state index is -4.00. The fourth-order valence-electron chi connectivity index (χ4n) is 7.81. The molecule has 1 nitrogen and oxygen atoms in total. The molecule has 0 heterocycles. The van der Waals surface area contributed by atoms with Gasteiger partial charge in [0.1, 0.15) is 14.7 Å². The van der Waals surface area contributed by atoms with Gasteiger partial charge in [-0.15, -0.1) is 0 Å². The van der Waals surface area contributed by atoms with E-state index in [1.807, 2.05) is 12.1 Å². The first-order valence-electron chi connectivity index (χ1n) is 15.8. The molecule has 0 saturated carbocycles. The van der Waals surface area contributed by atoms with Crippen molar-refractivity contribution in [1.82, 2.24) is 0 Å². The van der Waals surface area contributed by atoms with E-state index >= 15 is 4.80 Å². The smallest absolute Gasteiger partial charge is 0.853 e. The Kier molecular flexibility index (Phi) is 10.2. The second-order valence-electron chi connectivity index (χ2n) is 11.7. The average molecular weight is 663 g/mol. The van der Waals surface area contributed by atoms with Crippen molar-refractivity contribution in [2.75, 3.05) is 0 Å². The van der Waals surface area contributed by atoms with Gasteiger partial charge in [-0.1, -0.05) is 249 Å². The quantitative estimate of drug-likeness (QED) is 0.165. The molecule has 0 saturated heterocycles. The molecular weight excluding hydrogens is 628 g/mol. The van der Waals surface area contributed by atoms with Crippen LogP contribution >= 0.6 is 0 Å². The van der Waals surface area contributed by atoms with Gasteiger partial charge in [-0.25, -0.2) is 0 Å². The molecule has 0 spiro atoms. The van der Waals surface area contributed by atoms with Crippen LogP contribution in [0.15, 0.2) is 212 Å². The summed E-state index contributed by atoms with van der Waals surface area (Å²) in [6.07, 6.45) is 0. The summed E-state index contributed by atoms with van der Waals surface area (Å²) in [4.78, 5) is 17.7. The molecule has 0 aliphatic heterocycles. The molecule has 7 aromatic rings. The minimum absolute atomic E-state index is 0. The molecular formula is C42H35NaOSi3. The van der Waals surface area contributed by atoms with Gasteiger partial charge in [0, 0.05) is 7.83 Å². The molecule has 0 N–H and O–H groups in total. The van der Waals surface area contributed by atoms with E-state index in [2.05, 4.69) is 200 Å². The first kappa shape index (κ1) is 33.1. The molecule has 0 aromatic heterocycles. The maximum Gasteiger partial charge on any atom is 1.00 e. The second kappa shape index (κ2) is 14.5. The van der Waals surface area contributed by atoms with E-state index in [0.29, 0.717) is 0 Å². The monoisotopic (exact) mass is 662 g/mol. The van der Waals surface area contributed by atoms with Crippen molar-refractivity contribution in [1.29, 1.82) is 0 Å². The van der Waals surface area contributed by atoms with Crippen LogP contribution < -0.4 is 70.7 Å². The molecule has 0 unspecified atom stereocenters. The van der Waals surface area contributed by atoms with Crippen LogP contribution in [0.2, 0.25) is 0 Å². The zero-order valence-electron chi connectivity index (χ0n) is 26.6. The van der Waals surface area contributed by atoms with E-state index in [-0.39, 0.29) is 29.6 Å². The van der Waals surface area contributed by atoms with Crippen molar-refractivity contribution in [3.63, 3.8) is 0 Å². The van der Waals surface area contributed by atoms with Gasteiger partial charge in [-0.2, -0.15) is 0 Å². The maximum absolute atomic E-state index is 17.7. The SMILES string of the molecule is [Na+].[O-][Si](c1ccccc1)(c1ccccc1)[Si](c1ccccc1)(c1ccccc1)[Si](c1ccccc1)(c1ccccc1)c1ccccc1. The third-order valence-corrected chi connectivity index (χ3v) is 40.8. The predicted molar refractivity (Wildman–Crippen MR) is 200 cm³/mol. The van der Waals surface area contributed by atoms with Gasteiger partial charge in [-0.05, 0) is 0 Å². The molecule has 0 fully saturated rings. The summed E-state index contributed by atoms with van der Waals surface area (Å²) in [6.45, 7) is 0. The Labute approximate surface area is 303 Å². The van der Waals surface area contributed by atoms with Crippen molar-refractivity contribution in [2.45, 2.75) is 0 Å². The van der Waals surface area contributed by atoms with Crippen LogP contribution in [0.25, 0.3) is 0 Å². The maximum atomic E-state index is 17.7. The van der Waals surface area contributed by atoms with Gasteiger partial charge < -0.3 is 4.80 Å². The van der Waals surface area contributed by atoms with Crippen LogP contribution in [0, 0.1) is 0 Å². The topological polar surface area (TPSA) is 23.1 Å². The van der Waals surface area contributed by atoms with Crippen LogP contribution in [-0.4, -0.2) is 22.5 Å². The second-order valence-corrected chi connectivity index (χ2v) is 30.5. The third kappa shape index (κ3) is 5.40. The van der Waals surface area contributed by atoms with E-state index in [1.54, 1.807) is 0 Å². The van der Waals surface area contributed by atoms with E-state index < -0.39 is 22.5 Å². The van der Waals surface area contributed by atoms with E-state index in [1.165, 1.54) is 25.9 Å². The molecule has 0 aliphatic carbocycles. The van der Waals surface area contributed by atoms with Gasteiger partial charge >= 0.3 is 29.6 Å². The van der Waals surface area contributed by atoms with Crippen LogP contribution in [0.3, 0.4) is 0 Å². The zero-order valence-corrected chi connectivity index (χ0v) is 31.6. The normalized spacial score (nSPS) is 11.8. The van der Waals surface area contributed by atoms with E-state index in [4.69, 9.17) is 0 Å². The Hall–Kier alpha value is -3.85. The minimum Gasteiger partial charge on any atom is -0.853 e. The Balaban J connectivity index is 0.00000386. The van der Waals surface area contributed by atoms with Gasteiger partial charge in [0.25, 0.3) is 0 Å². The molecule has 7 aromatic carbocycles. The number of hydrogen-bond acceptors (Lipinski definition) is 1. The number of benzene rings is 7. The molecule has 0 aliphatic rings. The zero-order chi connectivity index (χ0) is 31.3. The summed E-state index contributed by atoms with van der Waals surface area (Å²) in [7, 11) is -10.9. The van der Waals surface area contributed by atoms with Gasteiger partial charge in [0.15, 0.2) is 0 Å².